The van der Waals surface area contributed by atoms with Crippen LogP contribution in [0.25, 0.3) is 0 Å². The van der Waals surface area contributed by atoms with Gasteiger partial charge in [0.15, 0.2) is 18.1 Å². The molecule has 130 valence electrons. The Morgan fingerprint density at radius 2 is 2.00 bits per heavy atom. The summed E-state index contributed by atoms with van der Waals surface area (Å²) >= 11 is 3.28. The molecule has 1 heterocycles. The summed E-state index contributed by atoms with van der Waals surface area (Å²) < 4.78 is 16.4. The van der Waals surface area contributed by atoms with Crippen molar-refractivity contribution in [1.82, 2.24) is 5.32 Å². The van der Waals surface area contributed by atoms with Crippen molar-refractivity contribution in [3.8, 4) is 11.5 Å². The monoisotopic (exact) mass is 405 g/mol. The first kappa shape index (κ1) is 17.3. The van der Waals surface area contributed by atoms with Crippen molar-refractivity contribution in [1.29, 1.82) is 0 Å². The van der Waals surface area contributed by atoms with Crippen LogP contribution in [0.1, 0.15) is 28.9 Å². The summed E-state index contributed by atoms with van der Waals surface area (Å²) in [7, 11) is 0. The summed E-state index contributed by atoms with van der Waals surface area (Å²) in [5, 5.41) is 2.78. The number of hydrogen-bond acceptors (Lipinski definition) is 5. The smallest absolute Gasteiger partial charge is 0.338 e. The van der Waals surface area contributed by atoms with E-state index in [0.29, 0.717) is 17.1 Å². The number of fused-ring (bicyclic) bond motifs is 1. The molecule has 0 saturated heterocycles. The zero-order chi connectivity index (χ0) is 17.8. The number of amides is 1. The van der Waals surface area contributed by atoms with Crippen molar-refractivity contribution < 1.29 is 23.8 Å². The molecule has 7 heteroatoms. The first-order valence-corrected chi connectivity index (χ1v) is 8.44. The molecule has 0 aliphatic carbocycles. The van der Waals surface area contributed by atoms with Crippen LogP contribution in [0.4, 0.5) is 0 Å². The molecule has 0 radical (unpaired) electrons. The highest BCUT2D eigenvalue weighted by Crippen LogP contribution is 2.34. The average Bonchev–Trinajstić information content (AvgIpc) is 3.07. The quantitative estimate of drug-likeness (QED) is 0.773. The van der Waals surface area contributed by atoms with E-state index in [0.717, 1.165) is 10.0 Å². The average molecular weight is 406 g/mol. The summed E-state index contributed by atoms with van der Waals surface area (Å²) in [6.45, 7) is 1.69. The van der Waals surface area contributed by atoms with Gasteiger partial charge in [0.25, 0.3) is 5.91 Å². The van der Waals surface area contributed by atoms with Crippen LogP contribution in [0.15, 0.2) is 46.9 Å². The Kier molecular flexibility index (Phi) is 5.23. The van der Waals surface area contributed by atoms with E-state index in [2.05, 4.69) is 21.2 Å². The zero-order valence-corrected chi connectivity index (χ0v) is 15.0. The van der Waals surface area contributed by atoms with Crippen molar-refractivity contribution >= 4 is 27.8 Å². The summed E-state index contributed by atoms with van der Waals surface area (Å²) in [4.78, 5) is 23.9. The predicted molar refractivity (Wildman–Crippen MR) is 93.5 cm³/mol. The van der Waals surface area contributed by atoms with Crippen LogP contribution in [0.2, 0.25) is 0 Å². The fraction of sp³-hybridized carbons (Fsp3) is 0.222. The standard InChI is InChI=1S/C18H16BrNO5/c1-11(12-5-6-15-16(8-12)25-10-24-15)20-17(21)9-23-18(22)13-3-2-4-14(19)7-13/h2-8,11H,9-10H2,1H3,(H,20,21)/t11-/m0/s1. The van der Waals surface area contributed by atoms with Crippen LogP contribution in [0, 0.1) is 0 Å². The Labute approximate surface area is 153 Å². The highest BCUT2D eigenvalue weighted by Gasteiger charge is 2.17. The maximum Gasteiger partial charge on any atom is 0.338 e. The predicted octanol–water partition coefficient (Wildman–Crippen LogP) is 3.21. The Bertz CT molecular complexity index is 808. The van der Waals surface area contributed by atoms with Crippen molar-refractivity contribution in [3.63, 3.8) is 0 Å². The first-order valence-electron chi connectivity index (χ1n) is 7.64. The van der Waals surface area contributed by atoms with Gasteiger partial charge in [-0.3, -0.25) is 4.79 Å². The number of esters is 1. The normalized spacial score (nSPS) is 13.2. The van der Waals surface area contributed by atoms with Gasteiger partial charge in [-0.1, -0.05) is 28.1 Å². The fourth-order valence-electron chi connectivity index (χ4n) is 2.38. The van der Waals surface area contributed by atoms with E-state index in [1.807, 2.05) is 19.1 Å². The molecule has 0 aromatic heterocycles. The van der Waals surface area contributed by atoms with E-state index in [4.69, 9.17) is 14.2 Å². The molecule has 1 aliphatic heterocycles. The largest absolute Gasteiger partial charge is 0.454 e. The van der Waals surface area contributed by atoms with Gasteiger partial charge in [-0.15, -0.1) is 0 Å². The first-order chi connectivity index (χ1) is 12.0. The molecule has 2 aromatic rings. The summed E-state index contributed by atoms with van der Waals surface area (Å²) in [5.74, 6) is 0.408. The van der Waals surface area contributed by atoms with Crippen LogP contribution >= 0.6 is 15.9 Å². The van der Waals surface area contributed by atoms with Crippen molar-refractivity contribution in [2.45, 2.75) is 13.0 Å². The molecule has 1 aliphatic rings. The van der Waals surface area contributed by atoms with Gasteiger partial charge >= 0.3 is 5.97 Å². The van der Waals surface area contributed by atoms with E-state index in [-0.39, 0.29) is 25.3 Å². The molecule has 25 heavy (non-hydrogen) atoms. The van der Waals surface area contributed by atoms with Gasteiger partial charge in [0.2, 0.25) is 6.79 Å². The Balaban J connectivity index is 1.53. The van der Waals surface area contributed by atoms with E-state index in [1.54, 1.807) is 30.3 Å². The van der Waals surface area contributed by atoms with Crippen LogP contribution in [0.5, 0.6) is 11.5 Å². The lowest BCUT2D eigenvalue weighted by Gasteiger charge is -2.15. The number of nitrogens with one attached hydrogen (secondary N) is 1. The van der Waals surface area contributed by atoms with E-state index in [9.17, 15) is 9.59 Å². The molecular weight excluding hydrogens is 390 g/mol. The van der Waals surface area contributed by atoms with Gasteiger partial charge in [-0.05, 0) is 42.8 Å². The fourth-order valence-corrected chi connectivity index (χ4v) is 2.78. The van der Waals surface area contributed by atoms with E-state index in [1.165, 1.54) is 0 Å². The highest BCUT2D eigenvalue weighted by atomic mass is 79.9. The third kappa shape index (κ3) is 4.30. The molecular formula is C18H16BrNO5. The second-order valence-electron chi connectivity index (χ2n) is 5.49. The molecule has 0 bridgehead atoms. The zero-order valence-electron chi connectivity index (χ0n) is 13.5. The Morgan fingerprint density at radius 3 is 2.80 bits per heavy atom. The van der Waals surface area contributed by atoms with Gasteiger partial charge in [0, 0.05) is 4.47 Å². The van der Waals surface area contributed by atoms with Gasteiger partial charge in [0.1, 0.15) is 0 Å². The molecule has 3 rings (SSSR count). The number of hydrogen-bond donors (Lipinski definition) is 1. The minimum Gasteiger partial charge on any atom is -0.454 e. The number of ether oxygens (including phenoxy) is 3. The summed E-state index contributed by atoms with van der Waals surface area (Å²) in [6, 6.07) is 12.0. The maximum atomic E-state index is 12.0. The topological polar surface area (TPSA) is 73.9 Å². The van der Waals surface area contributed by atoms with Gasteiger partial charge in [-0.2, -0.15) is 0 Å². The molecule has 6 nitrogen and oxygen atoms in total. The second kappa shape index (κ2) is 7.57. The van der Waals surface area contributed by atoms with Gasteiger partial charge < -0.3 is 19.5 Å². The number of benzene rings is 2. The highest BCUT2D eigenvalue weighted by molar-refractivity contribution is 9.10. The van der Waals surface area contributed by atoms with Crippen LogP contribution in [0.3, 0.4) is 0 Å². The molecule has 1 N–H and O–H groups in total. The lowest BCUT2D eigenvalue weighted by atomic mass is 10.1. The number of carbonyl (C=O) groups excluding carboxylic acids is 2. The Morgan fingerprint density at radius 1 is 1.20 bits per heavy atom. The third-order valence-electron chi connectivity index (χ3n) is 3.67. The van der Waals surface area contributed by atoms with Crippen LogP contribution in [-0.2, 0) is 9.53 Å². The molecule has 2 aromatic carbocycles. The van der Waals surface area contributed by atoms with Crippen LogP contribution in [-0.4, -0.2) is 25.3 Å². The SMILES string of the molecule is C[C@H](NC(=O)COC(=O)c1cccc(Br)c1)c1ccc2c(c1)OCO2. The molecule has 0 spiro atoms. The van der Waals surface area contributed by atoms with Crippen LogP contribution < -0.4 is 14.8 Å². The maximum absolute atomic E-state index is 12.0. The van der Waals surface area contributed by atoms with Gasteiger partial charge in [0.05, 0.1) is 11.6 Å². The Hall–Kier alpha value is -2.54. The third-order valence-corrected chi connectivity index (χ3v) is 4.16. The summed E-state index contributed by atoms with van der Waals surface area (Å²) in [5.41, 5.74) is 1.25. The molecule has 0 saturated carbocycles. The molecule has 0 fully saturated rings. The summed E-state index contributed by atoms with van der Waals surface area (Å²) in [6.07, 6.45) is 0. The lowest BCUT2D eigenvalue weighted by molar-refractivity contribution is -0.124. The second-order valence-corrected chi connectivity index (χ2v) is 6.40. The van der Waals surface area contributed by atoms with Crippen molar-refractivity contribution in [2.75, 3.05) is 13.4 Å². The minimum atomic E-state index is -0.549. The number of rotatable bonds is 5. The van der Waals surface area contributed by atoms with E-state index >= 15 is 0 Å². The number of carbonyl (C=O) groups is 2. The van der Waals surface area contributed by atoms with Crippen molar-refractivity contribution in [3.05, 3.63) is 58.1 Å². The minimum absolute atomic E-state index is 0.199. The molecule has 0 unspecified atom stereocenters. The molecule has 1 amide bonds. The molecule has 1 atom stereocenters. The van der Waals surface area contributed by atoms with Gasteiger partial charge in [-0.25, -0.2) is 4.79 Å². The van der Waals surface area contributed by atoms with E-state index < -0.39 is 5.97 Å². The number of halogens is 1. The lowest BCUT2D eigenvalue weighted by Crippen LogP contribution is -2.31. The van der Waals surface area contributed by atoms with Crippen molar-refractivity contribution in [2.24, 2.45) is 0 Å².